The molecule has 152 valence electrons. The van der Waals surface area contributed by atoms with Crippen LogP contribution >= 0.6 is 23.1 Å². The summed E-state index contributed by atoms with van der Waals surface area (Å²) in [6, 6.07) is 14.5. The van der Waals surface area contributed by atoms with Crippen molar-refractivity contribution in [1.29, 1.82) is 0 Å². The second-order valence-electron chi connectivity index (χ2n) is 6.37. The molecule has 2 N–H and O–H groups in total. The van der Waals surface area contributed by atoms with Gasteiger partial charge in [0.1, 0.15) is 5.82 Å². The highest BCUT2D eigenvalue weighted by Crippen LogP contribution is 2.26. The number of amides is 1. The maximum atomic E-state index is 13.8. The summed E-state index contributed by atoms with van der Waals surface area (Å²) < 4.78 is 13.8. The summed E-state index contributed by atoms with van der Waals surface area (Å²) in [5.41, 5.74) is 3.45. The third kappa shape index (κ3) is 4.74. The van der Waals surface area contributed by atoms with Crippen molar-refractivity contribution in [3.05, 3.63) is 65.3 Å². The van der Waals surface area contributed by atoms with Crippen LogP contribution in [0.25, 0.3) is 22.6 Å². The summed E-state index contributed by atoms with van der Waals surface area (Å²) in [6.07, 6.45) is 0.989. The van der Waals surface area contributed by atoms with Gasteiger partial charge in [0.2, 0.25) is 11.1 Å². The van der Waals surface area contributed by atoms with Crippen molar-refractivity contribution in [2.75, 3.05) is 11.1 Å². The molecule has 6 nitrogen and oxygen atoms in total. The predicted octanol–water partition coefficient (Wildman–Crippen LogP) is 5.03. The Balaban J connectivity index is 1.33. The number of rotatable bonds is 7. The van der Waals surface area contributed by atoms with Crippen molar-refractivity contribution in [3.63, 3.8) is 0 Å². The molecular weight excluding hydrogens is 421 g/mol. The standard InChI is InChI=1S/C21H18FN5OS2/c1-2-13-7-9-14(10-8-13)17-11-29-20(23-17)24-18(28)12-30-21-25-19(26-27-21)15-5-3-4-6-16(15)22/h3-11H,2,12H2,1H3,(H,23,24,28)(H,25,26,27). The number of aromatic nitrogens is 4. The van der Waals surface area contributed by atoms with Gasteiger partial charge in [-0.15, -0.1) is 16.4 Å². The molecule has 0 aliphatic heterocycles. The van der Waals surface area contributed by atoms with Gasteiger partial charge in [-0.25, -0.2) is 14.4 Å². The van der Waals surface area contributed by atoms with Gasteiger partial charge in [0.25, 0.3) is 0 Å². The minimum absolute atomic E-state index is 0.120. The van der Waals surface area contributed by atoms with Gasteiger partial charge in [0.15, 0.2) is 11.0 Å². The van der Waals surface area contributed by atoms with Gasteiger partial charge < -0.3 is 5.32 Å². The molecule has 2 heterocycles. The van der Waals surface area contributed by atoms with Crippen molar-refractivity contribution in [1.82, 2.24) is 20.2 Å². The average molecular weight is 440 g/mol. The number of carbonyl (C=O) groups excluding carboxylic acids is 1. The van der Waals surface area contributed by atoms with Crippen LogP contribution in [0.4, 0.5) is 9.52 Å². The second kappa shape index (κ2) is 9.19. The molecule has 0 bridgehead atoms. The van der Waals surface area contributed by atoms with Crippen LogP contribution in [-0.4, -0.2) is 31.8 Å². The second-order valence-corrected chi connectivity index (χ2v) is 8.17. The van der Waals surface area contributed by atoms with E-state index < -0.39 is 0 Å². The maximum absolute atomic E-state index is 13.8. The lowest BCUT2D eigenvalue weighted by Crippen LogP contribution is -2.13. The number of aryl methyl sites for hydroxylation is 1. The van der Waals surface area contributed by atoms with Crippen LogP contribution in [0.1, 0.15) is 12.5 Å². The first-order valence-electron chi connectivity index (χ1n) is 9.27. The molecule has 9 heteroatoms. The van der Waals surface area contributed by atoms with E-state index in [1.807, 2.05) is 17.5 Å². The Kier molecular flexibility index (Phi) is 6.20. The van der Waals surface area contributed by atoms with E-state index in [1.54, 1.807) is 18.2 Å². The minimum atomic E-state index is -0.383. The number of thioether (sulfide) groups is 1. The molecule has 0 aliphatic rings. The van der Waals surface area contributed by atoms with E-state index in [0.29, 0.717) is 21.7 Å². The summed E-state index contributed by atoms with van der Waals surface area (Å²) in [5.74, 6) is -0.143. The first kappa shape index (κ1) is 20.2. The number of hydrogen-bond acceptors (Lipinski definition) is 6. The molecule has 0 saturated heterocycles. The molecule has 4 aromatic rings. The number of nitrogens with one attached hydrogen (secondary N) is 2. The van der Waals surface area contributed by atoms with Crippen molar-refractivity contribution in [2.45, 2.75) is 18.5 Å². The van der Waals surface area contributed by atoms with E-state index in [-0.39, 0.29) is 17.5 Å². The quantitative estimate of drug-likeness (QED) is 0.395. The fraction of sp³-hybridized carbons (Fsp3) is 0.143. The lowest BCUT2D eigenvalue weighted by atomic mass is 10.1. The first-order valence-corrected chi connectivity index (χ1v) is 11.1. The number of halogens is 1. The Hall–Kier alpha value is -3.04. The highest BCUT2D eigenvalue weighted by Gasteiger charge is 2.13. The molecule has 1 amide bonds. The zero-order chi connectivity index (χ0) is 20.9. The number of H-pyrrole nitrogens is 1. The van der Waals surface area contributed by atoms with Crippen molar-refractivity contribution in [2.24, 2.45) is 0 Å². The molecule has 0 unspecified atom stereocenters. The van der Waals surface area contributed by atoms with E-state index in [1.165, 1.54) is 34.7 Å². The highest BCUT2D eigenvalue weighted by atomic mass is 32.2. The third-order valence-corrected chi connectivity index (χ3v) is 5.94. The SMILES string of the molecule is CCc1ccc(-c2csc(NC(=O)CSc3n[nH]c(-c4ccccc4F)n3)n2)cc1. The molecule has 0 fully saturated rings. The van der Waals surface area contributed by atoms with Crippen LogP contribution in [0, 0.1) is 5.82 Å². The van der Waals surface area contributed by atoms with Crippen LogP contribution in [0.5, 0.6) is 0 Å². The number of anilines is 1. The average Bonchev–Trinajstić information content (AvgIpc) is 3.42. The van der Waals surface area contributed by atoms with Gasteiger partial charge >= 0.3 is 0 Å². The van der Waals surface area contributed by atoms with Gasteiger partial charge in [-0.3, -0.25) is 9.89 Å². The molecule has 0 spiro atoms. The molecule has 0 saturated carbocycles. The van der Waals surface area contributed by atoms with Crippen LogP contribution in [0.3, 0.4) is 0 Å². The Labute approximate surface area is 181 Å². The van der Waals surface area contributed by atoms with Crippen molar-refractivity contribution in [3.8, 4) is 22.6 Å². The Bertz CT molecular complexity index is 1160. The van der Waals surface area contributed by atoms with Crippen LogP contribution in [0.15, 0.2) is 59.1 Å². The van der Waals surface area contributed by atoms with Gasteiger partial charge in [0, 0.05) is 10.9 Å². The third-order valence-electron chi connectivity index (χ3n) is 4.33. The number of nitrogens with zero attached hydrogens (tertiary/aromatic N) is 3. The normalized spacial score (nSPS) is 10.9. The topological polar surface area (TPSA) is 83.6 Å². The summed E-state index contributed by atoms with van der Waals surface area (Å²) in [7, 11) is 0. The van der Waals surface area contributed by atoms with Gasteiger partial charge in [-0.05, 0) is 24.1 Å². The highest BCUT2D eigenvalue weighted by molar-refractivity contribution is 7.99. The minimum Gasteiger partial charge on any atom is -0.301 e. The summed E-state index contributed by atoms with van der Waals surface area (Å²) in [6.45, 7) is 2.11. The van der Waals surface area contributed by atoms with E-state index in [4.69, 9.17) is 0 Å². The molecule has 2 aromatic heterocycles. The zero-order valence-electron chi connectivity index (χ0n) is 16.1. The number of aromatic amines is 1. The van der Waals surface area contributed by atoms with E-state index in [2.05, 4.69) is 44.5 Å². The summed E-state index contributed by atoms with van der Waals surface area (Å²) >= 11 is 2.54. The summed E-state index contributed by atoms with van der Waals surface area (Å²) in [5, 5.41) is 12.4. The first-order chi connectivity index (χ1) is 14.6. The van der Waals surface area contributed by atoms with Crippen molar-refractivity contribution < 1.29 is 9.18 Å². The fourth-order valence-corrected chi connectivity index (χ4v) is 4.08. The van der Waals surface area contributed by atoms with Crippen LogP contribution in [0.2, 0.25) is 0 Å². The monoisotopic (exact) mass is 439 g/mol. The smallest absolute Gasteiger partial charge is 0.236 e. The molecular formula is C21H18FN5OS2. The predicted molar refractivity (Wildman–Crippen MR) is 118 cm³/mol. The van der Waals surface area contributed by atoms with E-state index >= 15 is 0 Å². The van der Waals surface area contributed by atoms with Gasteiger partial charge in [-0.2, -0.15) is 0 Å². The van der Waals surface area contributed by atoms with Gasteiger partial charge in [0.05, 0.1) is 17.0 Å². The lowest BCUT2D eigenvalue weighted by Gasteiger charge is -2.00. The molecule has 0 radical (unpaired) electrons. The molecule has 2 aromatic carbocycles. The molecule has 0 atom stereocenters. The fourth-order valence-electron chi connectivity index (χ4n) is 2.75. The lowest BCUT2D eigenvalue weighted by molar-refractivity contribution is -0.113. The Morgan fingerprint density at radius 1 is 1.17 bits per heavy atom. The largest absolute Gasteiger partial charge is 0.301 e. The molecule has 4 rings (SSSR count). The number of benzene rings is 2. The molecule has 30 heavy (non-hydrogen) atoms. The maximum Gasteiger partial charge on any atom is 0.236 e. The van der Waals surface area contributed by atoms with E-state index in [0.717, 1.165) is 17.7 Å². The van der Waals surface area contributed by atoms with Gasteiger partial charge in [-0.1, -0.05) is 55.1 Å². The number of thiazole rings is 1. The van der Waals surface area contributed by atoms with Crippen LogP contribution < -0.4 is 5.32 Å². The zero-order valence-corrected chi connectivity index (χ0v) is 17.7. The van der Waals surface area contributed by atoms with Crippen molar-refractivity contribution >= 4 is 34.1 Å². The Morgan fingerprint density at radius 2 is 1.97 bits per heavy atom. The number of carbonyl (C=O) groups is 1. The molecule has 0 aliphatic carbocycles. The van der Waals surface area contributed by atoms with E-state index in [9.17, 15) is 9.18 Å². The summed E-state index contributed by atoms with van der Waals surface area (Å²) in [4.78, 5) is 21.0. The number of hydrogen-bond donors (Lipinski definition) is 2. The Morgan fingerprint density at radius 3 is 2.73 bits per heavy atom. The van der Waals surface area contributed by atoms with Crippen LogP contribution in [-0.2, 0) is 11.2 Å².